The molecule has 1 aliphatic rings. The molecule has 1 amide bonds. The molecule has 1 aromatic carbocycles. The van der Waals surface area contributed by atoms with Gasteiger partial charge in [-0.25, -0.2) is 0 Å². The van der Waals surface area contributed by atoms with E-state index in [-0.39, 0.29) is 12.0 Å². The summed E-state index contributed by atoms with van der Waals surface area (Å²) in [6.07, 6.45) is 3.48. The van der Waals surface area contributed by atoms with Crippen molar-refractivity contribution in [2.75, 3.05) is 25.9 Å². The third-order valence-electron chi connectivity index (χ3n) is 3.93. The lowest BCUT2D eigenvalue weighted by atomic mass is 10.1. The minimum absolute atomic E-state index is 0.0112. The summed E-state index contributed by atoms with van der Waals surface area (Å²) in [5, 5.41) is 0.966. The number of rotatable bonds is 3. The van der Waals surface area contributed by atoms with Gasteiger partial charge in [-0.05, 0) is 25.3 Å². The Morgan fingerprint density at radius 2 is 2.24 bits per heavy atom. The van der Waals surface area contributed by atoms with Crippen LogP contribution in [0.2, 0.25) is 0 Å². The Labute approximate surface area is 128 Å². The van der Waals surface area contributed by atoms with Crippen molar-refractivity contribution in [1.82, 2.24) is 4.90 Å². The molecule has 2 heterocycles. The number of benzene rings is 1. The fourth-order valence-corrected chi connectivity index (χ4v) is 3.85. The summed E-state index contributed by atoms with van der Waals surface area (Å²) >= 11 is 1.47. The molecule has 3 rings (SSSR count). The zero-order valence-corrected chi connectivity index (χ0v) is 13.0. The van der Waals surface area contributed by atoms with Crippen molar-refractivity contribution in [3.63, 3.8) is 0 Å². The van der Waals surface area contributed by atoms with Crippen molar-refractivity contribution < 1.29 is 9.53 Å². The minimum atomic E-state index is -0.0112. The largest absolute Gasteiger partial charge is 0.397 e. The molecule has 0 saturated carbocycles. The van der Waals surface area contributed by atoms with Crippen LogP contribution >= 0.6 is 11.3 Å². The topological polar surface area (TPSA) is 55.6 Å². The van der Waals surface area contributed by atoms with Gasteiger partial charge in [0, 0.05) is 30.3 Å². The van der Waals surface area contributed by atoms with E-state index in [0.29, 0.717) is 17.1 Å². The van der Waals surface area contributed by atoms with Crippen molar-refractivity contribution in [2.24, 2.45) is 0 Å². The summed E-state index contributed by atoms with van der Waals surface area (Å²) in [5.74, 6) is -0.0112. The van der Waals surface area contributed by atoms with E-state index in [0.717, 1.165) is 29.5 Å². The Morgan fingerprint density at radius 3 is 2.95 bits per heavy atom. The number of nitrogens with zero attached hydrogens (tertiary/aromatic N) is 1. The average molecular weight is 304 g/mol. The predicted molar refractivity (Wildman–Crippen MR) is 86.8 cm³/mol. The van der Waals surface area contributed by atoms with Crippen LogP contribution in [0, 0.1) is 0 Å². The van der Waals surface area contributed by atoms with Crippen molar-refractivity contribution in [2.45, 2.75) is 25.4 Å². The predicted octanol–water partition coefficient (Wildman–Crippen LogP) is 3.12. The third kappa shape index (κ3) is 2.89. The highest BCUT2D eigenvalue weighted by molar-refractivity contribution is 7.21. The molecule has 0 bridgehead atoms. The fourth-order valence-electron chi connectivity index (χ4n) is 2.74. The molecule has 0 radical (unpaired) electrons. The van der Waals surface area contributed by atoms with Gasteiger partial charge in [-0.2, -0.15) is 0 Å². The molecule has 5 heteroatoms. The van der Waals surface area contributed by atoms with Gasteiger partial charge in [-0.3, -0.25) is 4.79 Å². The van der Waals surface area contributed by atoms with E-state index in [2.05, 4.69) is 0 Å². The van der Waals surface area contributed by atoms with Gasteiger partial charge in [0.2, 0.25) is 0 Å². The molecule has 4 nitrogen and oxygen atoms in total. The second-order valence-corrected chi connectivity index (χ2v) is 6.57. The van der Waals surface area contributed by atoms with Gasteiger partial charge in [0.25, 0.3) is 5.91 Å². The maximum atomic E-state index is 12.6. The summed E-state index contributed by atoms with van der Waals surface area (Å²) in [7, 11) is 1.82. The van der Waals surface area contributed by atoms with Crippen LogP contribution in [0.5, 0.6) is 0 Å². The zero-order valence-electron chi connectivity index (χ0n) is 12.2. The van der Waals surface area contributed by atoms with Gasteiger partial charge < -0.3 is 15.4 Å². The van der Waals surface area contributed by atoms with Gasteiger partial charge in [0.1, 0.15) is 4.88 Å². The summed E-state index contributed by atoms with van der Waals surface area (Å²) in [5.41, 5.74) is 6.74. The molecule has 2 aromatic rings. The maximum absolute atomic E-state index is 12.6. The molecule has 1 atom stereocenters. The Balaban J connectivity index is 1.77. The van der Waals surface area contributed by atoms with Gasteiger partial charge >= 0.3 is 0 Å². The first-order valence-corrected chi connectivity index (χ1v) is 8.12. The third-order valence-corrected chi connectivity index (χ3v) is 5.10. The number of ether oxygens (including phenoxy) is 1. The van der Waals surface area contributed by atoms with E-state index >= 15 is 0 Å². The van der Waals surface area contributed by atoms with Crippen LogP contribution in [0.1, 0.15) is 28.9 Å². The van der Waals surface area contributed by atoms with Crippen molar-refractivity contribution in [1.29, 1.82) is 0 Å². The highest BCUT2D eigenvalue weighted by Crippen LogP contribution is 2.34. The monoisotopic (exact) mass is 304 g/mol. The first-order chi connectivity index (χ1) is 10.2. The van der Waals surface area contributed by atoms with Crippen LogP contribution < -0.4 is 5.73 Å². The van der Waals surface area contributed by atoms with Gasteiger partial charge in [-0.15, -0.1) is 11.3 Å². The summed E-state index contributed by atoms with van der Waals surface area (Å²) in [4.78, 5) is 15.0. The first-order valence-electron chi connectivity index (χ1n) is 7.31. The highest BCUT2D eigenvalue weighted by Gasteiger charge is 2.23. The van der Waals surface area contributed by atoms with Crippen LogP contribution in [-0.2, 0) is 4.74 Å². The molecule has 1 aliphatic heterocycles. The number of hydrogen-bond donors (Lipinski definition) is 1. The maximum Gasteiger partial charge on any atom is 0.265 e. The normalized spacial score (nSPS) is 18.8. The number of nitrogens with two attached hydrogens (primary N) is 1. The highest BCUT2D eigenvalue weighted by atomic mass is 32.1. The zero-order chi connectivity index (χ0) is 14.8. The fraction of sp³-hybridized carbons (Fsp3) is 0.438. The van der Waals surface area contributed by atoms with Crippen molar-refractivity contribution in [3.05, 3.63) is 29.1 Å². The number of nitrogen functional groups attached to an aromatic ring is 1. The molecule has 1 fully saturated rings. The Hall–Kier alpha value is -1.59. The number of amides is 1. The average Bonchev–Trinajstić information content (AvgIpc) is 2.85. The number of hydrogen-bond acceptors (Lipinski definition) is 4. The smallest absolute Gasteiger partial charge is 0.265 e. The van der Waals surface area contributed by atoms with Crippen LogP contribution in [0.25, 0.3) is 10.1 Å². The number of carbonyl (C=O) groups is 1. The van der Waals surface area contributed by atoms with E-state index in [1.807, 2.05) is 31.3 Å². The summed E-state index contributed by atoms with van der Waals surface area (Å²) in [6.45, 7) is 1.43. The first kappa shape index (κ1) is 14.4. The molecule has 1 unspecified atom stereocenters. The second kappa shape index (κ2) is 6.03. The van der Waals surface area contributed by atoms with Crippen molar-refractivity contribution in [3.8, 4) is 0 Å². The molecule has 21 heavy (non-hydrogen) atoms. The van der Waals surface area contributed by atoms with Gasteiger partial charge in [0.05, 0.1) is 11.8 Å². The molecular formula is C16H20N2O2S. The van der Waals surface area contributed by atoms with Gasteiger partial charge in [0.15, 0.2) is 0 Å². The van der Waals surface area contributed by atoms with Crippen molar-refractivity contribution >= 4 is 33.0 Å². The Morgan fingerprint density at radius 1 is 1.43 bits per heavy atom. The quantitative estimate of drug-likeness (QED) is 0.948. The van der Waals surface area contributed by atoms with E-state index in [9.17, 15) is 4.79 Å². The molecular weight excluding hydrogens is 284 g/mol. The standard InChI is InChI=1S/C16H20N2O2S/c1-18(10-11-6-4-5-9-20-11)16(19)15-14(17)12-7-2-3-8-13(12)21-15/h2-3,7-8,11H,4-6,9-10,17H2,1H3. The second-order valence-electron chi connectivity index (χ2n) is 5.52. The lowest BCUT2D eigenvalue weighted by molar-refractivity contribution is -0.0000829. The van der Waals surface area contributed by atoms with E-state index in [4.69, 9.17) is 10.5 Å². The van der Waals surface area contributed by atoms with Gasteiger partial charge in [-0.1, -0.05) is 18.2 Å². The molecule has 112 valence electrons. The number of likely N-dealkylation sites (N-methyl/N-ethyl adjacent to an activating group) is 1. The Kier molecular flexibility index (Phi) is 4.12. The van der Waals surface area contributed by atoms with Crippen LogP contribution in [0.15, 0.2) is 24.3 Å². The molecule has 1 saturated heterocycles. The summed E-state index contributed by atoms with van der Waals surface area (Å²) in [6, 6.07) is 7.87. The van der Waals surface area contributed by atoms with Crippen LogP contribution in [-0.4, -0.2) is 37.1 Å². The van der Waals surface area contributed by atoms with Crippen LogP contribution in [0.4, 0.5) is 5.69 Å². The molecule has 0 aliphatic carbocycles. The molecule has 1 aromatic heterocycles. The van der Waals surface area contributed by atoms with Crippen LogP contribution in [0.3, 0.4) is 0 Å². The van der Waals surface area contributed by atoms with E-state index < -0.39 is 0 Å². The lowest BCUT2D eigenvalue weighted by Crippen LogP contribution is -2.37. The Bertz CT molecular complexity index is 647. The minimum Gasteiger partial charge on any atom is -0.397 e. The molecule has 0 spiro atoms. The SMILES string of the molecule is CN(CC1CCCCO1)C(=O)c1sc2ccccc2c1N. The van der Waals surface area contributed by atoms with E-state index in [1.165, 1.54) is 17.8 Å². The summed E-state index contributed by atoms with van der Waals surface area (Å²) < 4.78 is 6.76. The number of thiophene rings is 1. The number of anilines is 1. The number of fused-ring (bicyclic) bond motifs is 1. The molecule has 2 N–H and O–H groups in total. The lowest BCUT2D eigenvalue weighted by Gasteiger charge is -2.27. The van der Waals surface area contributed by atoms with E-state index in [1.54, 1.807) is 4.90 Å². The number of carbonyl (C=O) groups excluding carboxylic acids is 1.